The maximum absolute atomic E-state index is 2.38. The van der Waals surface area contributed by atoms with Gasteiger partial charge in [-0.3, -0.25) is 0 Å². The molecule has 6 aromatic carbocycles. The molecule has 0 bridgehead atoms. The highest BCUT2D eigenvalue weighted by atomic mass is 31.1. The Balaban J connectivity index is 1.43. The van der Waals surface area contributed by atoms with Crippen molar-refractivity contribution < 1.29 is 0 Å². The summed E-state index contributed by atoms with van der Waals surface area (Å²) in [6.07, 6.45) is 2.04. The van der Waals surface area contributed by atoms with Crippen molar-refractivity contribution in [3.8, 4) is 11.1 Å². The molecule has 0 fully saturated rings. The summed E-state index contributed by atoms with van der Waals surface area (Å²) in [5, 5.41) is 2.82. The largest absolute Gasteiger partial charge is 0.0823 e. The summed E-state index contributed by atoms with van der Waals surface area (Å²) in [7, 11) is 1.38. The Morgan fingerprint density at radius 3 is 1.02 bits per heavy atom. The first-order valence-corrected chi connectivity index (χ1v) is 16.9. The molecular weight excluding hydrogens is 542 g/mol. The fourth-order valence-corrected chi connectivity index (χ4v) is 8.81. The van der Waals surface area contributed by atoms with E-state index in [1.165, 1.54) is 44.0 Å². The second-order valence-corrected chi connectivity index (χ2v) is 13.8. The molecule has 0 saturated carbocycles. The number of hydrogen-bond acceptors (Lipinski definition) is 0. The SMILES string of the molecule is c1ccc(CC(Pc2ccccc2)c2ccccc2-c2ccccc2C(Cc2ccccc2)Pc2ccccc2)cc1. The third-order valence-corrected chi connectivity index (χ3v) is 10.8. The Morgan fingerprint density at radius 2 is 0.643 bits per heavy atom. The van der Waals surface area contributed by atoms with Crippen LogP contribution >= 0.6 is 17.2 Å². The van der Waals surface area contributed by atoms with E-state index in [9.17, 15) is 0 Å². The lowest BCUT2D eigenvalue weighted by atomic mass is 9.90. The second-order valence-electron chi connectivity index (χ2n) is 10.7. The van der Waals surface area contributed by atoms with Crippen LogP contribution in [-0.2, 0) is 12.8 Å². The highest BCUT2D eigenvalue weighted by molar-refractivity contribution is 7.48. The lowest BCUT2D eigenvalue weighted by Crippen LogP contribution is -2.08. The molecule has 0 saturated heterocycles. The zero-order valence-corrected chi connectivity index (χ0v) is 25.7. The van der Waals surface area contributed by atoms with E-state index in [2.05, 4.69) is 170 Å². The summed E-state index contributed by atoms with van der Waals surface area (Å²) < 4.78 is 0. The minimum atomic E-state index is 0.392. The van der Waals surface area contributed by atoms with Gasteiger partial charge in [-0.25, -0.2) is 0 Å². The molecule has 0 amide bonds. The van der Waals surface area contributed by atoms with Crippen LogP contribution in [-0.4, -0.2) is 0 Å². The van der Waals surface area contributed by atoms with Crippen LogP contribution in [0.15, 0.2) is 170 Å². The van der Waals surface area contributed by atoms with E-state index in [-0.39, 0.29) is 0 Å². The fraction of sp³-hybridized carbons (Fsp3) is 0.100. The zero-order valence-electron chi connectivity index (χ0n) is 23.7. The van der Waals surface area contributed by atoms with Crippen molar-refractivity contribution in [2.75, 3.05) is 0 Å². The Morgan fingerprint density at radius 1 is 0.333 bits per heavy atom. The van der Waals surface area contributed by atoms with E-state index in [0.717, 1.165) is 12.8 Å². The van der Waals surface area contributed by atoms with Crippen LogP contribution in [0.4, 0.5) is 0 Å². The van der Waals surface area contributed by atoms with Crippen molar-refractivity contribution in [2.45, 2.75) is 24.2 Å². The smallest absolute Gasteiger partial charge is 0.0101 e. The topological polar surface area (TPSA) is 0 Å². The van der Waals surface area contributed by atoms with Crippen molar-refractivity contribution in [1.82, 2.24) is 0 Å². The predicted molar refractivity (Wildman–Crippen MR) is 186 cm³/mol. The molecule has 0 aromatic heterocycles. The van der Waals surface area contributed by atoms with Crippen molar-refractivity contribution in [2.24, 2.45) is 0 Å². The molecule has 0 aliphatic heterocycles. The molecule has 42 heavy (non-hydrogen) atoms. The Kier molecular flexibility index (Phi) is 9.69. The van der Waals surface area contributed by atoms with Gasteiger partial charge in [-0.1, -0.05) is 187 Å². The highest BCUT2D eigenvalue weighted by Crippen LogP contribution is 2.46. The third kappa shape index (κ3) is 7.33. The van der Waals surface area contributed by atoms with Crippen molar-refractivity contribution >= 4 is 27.8 Å². The second kappa shape index (κ2) is 14.4. The van der Waals surface area contributed by atoms with Crippen LogP contribution in [0, 0.1) is 0 Å². The van der Waals surface area contributed by atoms with Crippen molar-refractivity contribution in [3.05, 3.63) is 192 Å². The van der Waals surface area contributed by atoms with Gasteiger partial charge < -0.3 is 0 Å². The van der Waals surface area contributed by atoms with E-state index in [1.54, 1.807) is 0 Å². The van der Waals surface area contributed by atoms with E-state index >= 15 is 0 Å². The van der Waals surface area contributed by atoms with Gasteiger partial charge >= 0.3 is 0 Å². The first kappa shape index (κ1) is 28.3. The van der Waals surface area contributed by atoms with Gasteiger partial charge in [-0.05, 0) is 56.8 Å². The van der Waals surface area contributed by atoms with Gasteiger partial charge in [0.15, 0.2) is 0 Å². The molecule has 0 radical (unpaired) electrons. The Hall–Kier alpha value is -3.82. The Labute approximate surface area is 254 Å². The molecule has 0 heterocycles. The van der Waals surface area contributed by atoms with Crippen LogP contribution < -0.4 is 10.6 Å². The molecule has 4 unspecified atom stereocenters. The molecule has 0 N–H and O–H groups in total. The Bertz CT molecular complexity index is 1450. The standard InChI is InChI=1S/C40H36P2/c1-5-17-31(18-6-1)29-39(41-33-21-9-3-10-22-33)37-27-15-13-25-35(37)36-26-14-16-28-38(36)40(30-32-19-7-2-8-20-32)42-34-23-11-4-12-24-34/h1-28,39-42H,29-30H2. The maximum atomic E-state index is 2.38. The highest BCUT2D eigenvalue weighted by Gasteiger charge is 2.22. The molecule has 0 aliphatic carbocycles. The first-order chi connectivity index (χ1) is 20.8. The van der Waals surface area contributed by atoms with Gasteiger partial charge in [-0.15, -0.1) is 0 Å². The molecule has 0 nitrogen and oxygen atoms in total. The summed E-state index contributed by atoms with van der Waals surface area (Å²) >= 11 is 0. The van der Waals surface area contributed by atoms with Crippen molar-refractivity contribution in [1.29, 1.82) is 0 Å². The molecule has 4 atom stereocenters. The lowest BCUT2D eigenvalue weighted by Gasteiger charge is -2.25. The quantitative estimate of drug-likeness (QED) is 0.134. The minimum absolute atomic E-state index is 0.392. The number of benzene rings is 6. The third-order valence-electron chi connectivity index (χ3n) is 7.76. The molecule has 6 aromatic rings. The monoisotopic (exact) mass is 578 g/mol. The van der Waals surface area contributed by atoms with Gasteiger partial charge in [0, 0.05) is 11.3 Å². The number of hydrogen-bond donors (Lipinski definition) is 0. The van der Waals surface area contributed by atoms with Crippen LogP contribution in [0.5, 0.6) is 0 Å². The maximum Gasteiger partial charge on any atom is 0.0101 e. The predicted octanol–water partition coefficient (Wildman–Crippen LogP) is 9.93. The van der Waals surface area contributed by atoms with Gasteiger partial charge in [0.1, 0.15) is 0 Å². The molecular formula is C40H36P2. The summed E-state index contributed by atoms with van der Waals surface area (Å²) in [6.45, 7) is 0. The van der Waals surface area contributed by atoms with Crippen LogP contribution in [0.2, 0.25) is 0 Å². The average Bonchev–Trinajstić information content (AvgIpc) is 3.06. The van der Waals surface area contributed by atoms with Crippen LogP contribution in [0.3, 0.4) is 0 Å². The normalized spacial score (nSPS) is 13.0. The summed E-state index contributed by atoms with van der Waals surface area (Å²) in [4.78, 5) is 0. The van der Waals surface area contributed by atoms with Crippen LogP contribution in [0.1, 0.15) is 33.6 Å². The molecule has 2 heteroatoms. The van der Waals surface area contributed by atoms with Gasteiger partial charge in [0.25, 0.3) is 0 Å². The van der Waals surface area contributed by atoms with Crippen LogP contribution in [0.25, 0.3) is 11.1 Å². The number of rotatable bonds is 11. The average molecular weight is 579 g/mol. The van der Waals surface area contributed by atoms with Gasteiger partial charge in [0.05, 0.1) is 0 Å². The van der Waals surface area contributed by atoms with E-state index in [1.807, 2.05) is 0 Å². The van der Waals surface area contributed by atoms with E-state index < -0.39 is 0 Å². The lowest BCUT2D eigenvalue weighted by molar-refractivity contribution is 0.920. The summed E-state index contributed by atoms with van der Waals surface area (Å²) in [5.74, 6) is 0. The van der Waals surface area contributed by atoms with Crippen molar-refractivity contribution in [3.63, 3.8) is 0 Å². The summed E-state index contributed by atoms with van der Waals surface area (Å²) in [6, 6.07) is 62.4. The fourth-order valence-electron chi connectivity index (χ4n) is 5.74. The zero-order chi connectivity index (χ0) is 28.4. The summed E-state index contributed by atoms with van der Waals surface area (Å²) in [5.41, 5.74) is 9.19. The molecule has 206 valence electrons. The van der Waals surface area contributed by atoms with E-state index in [0.29, 0.717) is 28.5 Å². The molecule has 0 aliphatic rings. The minimum Gasteiger partial charge on any atom is -0.0823 e. The van der Waals surface area contributed by atoms with Gasteiger partial charge in [0.2, 0.25) is 0 Å². The molecule has 0 spiro atoms. The molecule has 6 rings (SSSR count). The van der Waals surface area contributed by atoms with E-state index in [4.69, 9.17) is 0 Å². The van der Waals surface area contributed by atoms with Gasteiger partial charge in [-0.2, -0.15) is 0 Å². The first-order valence-electron chi connectivity index (χ1n) is 14.7.